The number of hydrogen-bond donors (Lipinski definition) is 6. The number of nitrogens with two attached hydrogens (primary N) is 1. The van der Waals surface area contributed by atoms with Gasteiger partial charge in [0.25, 0.3) is 15.6 Å². The number of rotatable bonds is 42. The van der Waals surface area contributed by atoms with Crippen molar-refractivity contribution in [3.8, 4) is 0 Å². The van der Waals surface area contributed by atoms with Crippen LogP contribution in [0.15, 0.2) is 73.4 Å². The Bertz CT molecular complexity index is 2490. The normalized spacial score (nSPS) is 19.7. The number of hydrogen-bond acceptors (Lipinski definition) is 23. The molecule has 8 atom stereocenters. The number of ether oxygens (including phenoxy) is 1. The quantitative estimate of drug-likeness (QED) is 0.0291. The molecule has 0 spiro atoms. The maximum atomic E-state index is 12.7. The van der Waals surface area contributed by atoms with Gasteiger partial charge in [-0.25, -0.2) is 19.3 Å². The topological polar surface area (TPSA) is 395 Å². The Labute approximate surface area is 472 Å². The number of phosphoric ester groups is 3. The van der Waals surface area contributed by atoms with Gasteiger partial charge in [0.2, 0.25) is 11.8 Å². The minimum Gasteiger partial charge on any atom is -0.790 e. The van der Waals surface area contributed by atoms with Crippen molar-refractivity contribution in [1.29, 1.82) is 0 Å². The van der Waals surface area contributed by atoms with Crippen LogP contribution in [0.25, 0.3) is 11.2 Å². The number of aliphatic hydroxyl groups excluding tert-OH is 3. The van der Waals surface area contributed by atoms with Gasteiger partial charge < -0.3 is 74.1 Å². The molecule has 0 aliphatic carbocycles. The van der Waals surface area contributed by atoms with Crippen LogP contribution in [0.4, 0.5) is 5.82 Å². The molecule has 1 saturated heterocycles. The van der Waals surface area contributed by atoms with E-state index in [9.17, 15) is 63.0 Å². The van der Waals surface area contributed by atoms with Crippen LogP contribution in [0.3, 0.4) is 0 Å². The molecule has 29 heteroatoms. The first kappa shape index (κ1) is 70.5. The van der Waals surface area contributed by atoms with Gasteiger partial charge in [-0.1, -0.05) is 145 Å². The summed E-state index contributed by atoms with van der Waals surface area (Å²) in [5.74, 6) is -1.34. The summed E-state index contributed by atoms with van der Waals surface area (Å²) in [4.78, 5) is 97.3. The molecule has 0 bridgehead atoms. The van der Waals surface area contributed by atoms with Crippen molar-refractivity contribution >= 4 is 69.1 Å². The third-order valence-electron chi connectivity index (χ3n) is 12.2. The van der Waals surface area contributed by atoms with E-state index in [2.05, 4.69) is 111 Å². The lowest BCUT2D eigenvalue weighted by Gasteiger charge is -2.36. The molecule has 1 aliphatic rings. The van der Waals surface area contributed by atoms with Gasteiger partial charge in [0.15, 0.2) is 22.8 Å². The fourth-order valence-corrected chi connectivity index (χ4v) is 11.4. The minimum atomic E-state index is -5.94. The van der Waals surface area contributed by atoms with Crippen molar-refractivity contribution < 1.29 is 85.6 Å². The molecule has 2 aromatic rings. The Morgan fingerprint density at radius 3 is 2.00 bits per heavy atom. The molecular formula is C51H80N7O18P3S-4. The molecule has 2 aromatic heterocycles. The second-order valence-electron chi connectivity index (χ2n) is 19.5. The van der Waals surface area contributed by atoms with E-state index in [0.717, 1.165) is 93.2 Å². The first-order valence-corrected chi connectivity index (χ1v) is 32.2. The number of imidazole rings is 1. The maximum Gasteiger partial charge on any atom is 0.274 e. The molecule has 0 aromatic carbocycles. The number of nitrogen functional groups attached to an aromatic ring is 1. The monoisotopic (exact) mass is 1200 g/mol. The number of aromatic nitrogens is 4. The molecular weight excluding hydrogens is 1120 g/mol. The lowest BCUT2D eigenvalue weighted by molar-refractivity contribution is -0.347. The van der Waals surface area contributed by atoms with E-state index in [4.69, 9.17) is 10.5 Å². The van der Waals surface area contributed by atoms with Gasteiger partial charge in [-0.3, -0.25) is 28.1 Å². The van der Waals surface area contributed by atoms with Crippen molar-refractivity contribution in [2.24, 2.45) is 5.41 Å². The van der Waals surface area contributed by atoms with Crippen LogP contribution in [0.5, 0.6) is 0 Å². The van der Waals surface area contributed by atoms with Crippen LogP contribution in [-0.4, -0.2) is 114 Å². The second kappa shape index (κ2) is 37.4. The Balaban J connectivity index is 1.20. The molecule has 80 heavy (non-hydrogen) atoms. The Morgan fingerprint density at radius 2 is 1.39 bits per heavy atom. The highest BCUT2D eigenvalue weighted by molar-refractivity contribution is 8.13. The zero-order chi connectivity index (χ0) is 59.0. The highest BCUT2D eigenvalue weighted by Crippen LogP contribution is 2.56. The van der Waals surface area contributed by atoms with Gasteiger partial charge in [-0.2, -0.15) is 0 Å². The third kappa shape index (κ3) is 29.0. The van der Waals surface area contributed by atoms with Crippen LogP contribution in [0.1, 0.15) is 143 Å². The Morgan fingerprint density at radius 1 is 0.812 bits per heavy atom. The number of carbonyl (C=O) groups is 3. The molecule has 7 N–H and O–H groups in total. The van der Waals surface area contributed by atoms with Crippen molar-refractivity contribution in [2.75, 3.05) is 37.8 Å². The van der Waals surface area contributed by atoms with Gasteiger partial charge in [0, 0.05) is 37.1 Å². The summed E-state index contributed by atoms with van der Waals surface area (Å²) in [6.45, 7) is 2.12. The third-order valence-corrected chi connectivity index (χ3v) is 16.1. The first-order chi connectivity index (χ1) is 37.9. The van der Waals surface area contributed by atoms with Gasteiger partial charge in [-0.15, -0.1) is 0 Å². The fraction of sp³-hybridized carbons (Fsp3) is 0.647. The van der Waals surface area contributed by atoms with Crippen LogP contribution < -0.4 is 35.9 Å². The summed E-state index contributed by atoms with van der Waals surface area (Å²) >= 11 is 0.985. The van der Waals surface area contributed by atoms with E-state index < -0.39 is 90.7 Å². The summed E-state index contributed by atoms with van der Waals surface area (Å²) in [7, 11) is -17.7. The molecule has 2 amide bonds. The average Bonchev–Trinajstić information content (AvgIpc) is 3.95. The van der Waals surface area contributed by atoms with E-state index in [-0.39, 0.29) is 53.8 Å². The maximum absolute atomic E-state index is 12.7. The zero-order valence-electron chi connectivity index (χ0n) is 45.7. The van der Waals surface area contributed by atoms with E-state index >= 15 is 0 Å². The van der Waals surface area contributed by atoms with E-state index in [1.54, 1.807) is 0 Å². The molecule has 25 nitrogen and oxygen atoms in total. The van der Waals surface area contributed by atoms with Crippen LogP contribution in [0.2, 0.25) is 0 Å². The molecule has 0 saturated carbocycles. The zero-order valence-corrected chi connectivity index (χ0v) is 49.2. The SMILES string of the molecule is CC/C=C\C/C=C\C/C=C\C/C=C\C/C=C\CCCCCCCCCCC[C@@H](O)CC(=O)SCCNC(=O)CCNC(=O)[C@H](O)C(C)(C)COP(=O)([O-])OP(=O)([O-])OC[C@H]1O[C@@H](n2cnc3c(N)ncnc32)[C@H](O)[C@@H]1OP(=O)([O-])[O-]. The summed E-state index contributed by atoms with van der Waals surface area (Å²) < 4.78 is 61.0. The molecule has 3 rings (SSSR count). The number of allylic oxidation sites excluding steroid dienone is 10. The summed E-state index contributed by atoms with van der Waals surface area (Å²) in [5.41, 5.74) is 4.06. The van der Waals surface area contributed by atoms with Crippen LogP contribution in [-0.2, 0) is 50.7 Å². The highest BCUT2D eigenvalue weighted by atomic mass is 32.2. The first-order valence-electron chi connectivity index (χ1n) is 26.9. The molecule has 2 unspecified atom stereocenters. The molecule has 452 valence electrons. The molecule has 3 heterocycles. The second-order valence-corrected chi connectivity index (χ2v) is 24.7. The number of carbonyl (C=O) groups excluding carboxylic acids is 3. The molecule has 1 fully saturated rings. The van der Waals surface area contributed by atoms with Gasteiger partial charge >= 0.3 is 0 Å². The Kier molecular flexibility index (Phi) is 33.0. The van der Waals surface area contributed by atoms with Gasteiger partial charge in [0.05, 0.1) is 33.5 Å². The predicted molar refractivity (Wildman–Crippen MR) is 294 cm³/mol. The number of nitrogens with one attached hydrogen (secondary N) is 2. The minimum absolute atomic E-state index is 0.00458. The number of fused-ring (bicyclic) bond motifs is 1. The van der Waals surface area contributed by atoms with Crippen molar-refractivity contribution in [3.05, 3.63) is 73.4 Å². The number of amides is 2. The van der Waals surface area contributed by atoms with Crippen molar-refractivity contribution in [1.82, 2.24) is 30.2 Å². The molecule has 0 radical (unpaired) electrons. The largest absolute Gasteiger partial charge is 0.790 e. The number of unbranched alkanes of at least 4 members (excludes halogenated alkanes) is 9. The van der Waals surface area contributed by atoms with Crippen LogP contribution >= 0.6 is 35.2 Å². The van der Waals surface area contributed by atoms with Gasteiger partial charge in [-0.05, 0) is 51.4 Å². The number of nitrogens with zero attached hydrogens (tertiary/aromatic N) is 4. The average molecular weight is 1200 g/mol. The number of phosphoric acid groups is 3. The smallest absolute Gasteiger partial charge is 0.274 e. The van der Waals surface area contributed by atoms with Crippen molar-refractivity contribution in [3.63, 3.8) is 0 Å². The van der Waals surface area contributed by atoms with E-state index in [1.165, 1.54) is 46.0 Å². The predicted octanol–water partition coefficient (Wildman–Crippen LogP) is 4.93. The summed E-state index contributed by atoms with van der Waals surface area (Å²) in [6.07, 6.45) is 30.5. The number of thioether (sulfide) groups is 1. The number of aliphatic hydroxyl groups is 3. The lowest BCUT2D eigenvalue weighted by Crippen LogP contribution is -2.46. The lowest BCUT2D eigenvalue weighted by atomic mass is 9.87. The summed E-state index contributed by atoms with van der Waals surface area (Å²) in [6, 6.07) is 0. The number of anilines is 1. The van der Waals surface area contributed by atoms with Crippen LogP contribution in [0, 0.1) is 5.41 Å². The summed E-state index contributed by atoms with van der Waals surface area (Å²) in [5, 5.41) is 36.6. The standard InChI is InChI=1S/C51H84N7O18P3S/c1-4-5-6-7-8-9-10-11-12-13-14-15-16-17-18-19-20-21-22-23-24-25-26-27-28-29-39(59)34-42(61)80-33-32-53-41(60)30-31-54-49(64)46(63)51(2,3)36-73-79(70,71)76-78(68,69)72-35-40-45(75-77(65,66)67)44(62)50(74-40)58-38-57-43-47(52)55-37-56-48(43)58/h5-6,8-9,11-12,14-15,17-18,37-40,44-46,50,59,62-63H,4,7,10,13,16,19-36H2,1-3H3,(H,53,60)(H,54,64)(H,68,69)(H,70,71)(H2,52,55,56)(H2,65,66,67)/p-4/b6-5-,9-8-,12-11-,15-14-,18-17-/t39-,40-,44-,45-,46+,50-/m1/s1. The van der Waals surface area contributed by atoms with E-state index in [1.807, 2.05) is 0 Å². The Hall–Kier alpha value is -3.78. The van der Waals surface area contributed by atoms with Gasteiger partial charge in [0.1, 0.15) is 36.3 Å². The fourth-order valence-electron chi connectivity index (χ4n) is 7.87. The van der Waals surface area contributed by atoms with Crippen molar-refractivity contribution in [2.45, 2.75) is 173 Å². The molecule has 1 aliphatic heterocycles. The highest BCUT2D eigenvalue weighted by Gasteiger charge is 2.47. The van der Waals surface area contributed by atoms with E-state index in [0.29, 0.717) is 6.42 Å².